The Hall–Kier alpha value is -3.87. The van der Waals surface area contributed by atoms with E-state index in [1.165, 1.54) is 6.92 Å². The van der Waals surface area contributed by atoms with Gasteiger partial charge in [-0.15, -0.1) is 13.2 Å². The summed E-state index contributed by atoms with van der Waals surface area (Å²) in [4.78, 5) is 31.7. The van der Waals surface area contributed by atoms with Gasteiger partial charge in [0.2, 0.25) is 5.91 Å². The van der Waals surface area contributed by atoms with Crippen molar-refractivity contribution in [2.75, 3.05) is 25.5 Å². The summed E-state index contributed by atoms with van der Waals surface area (Å²) >= 11 is 0. The maximum Gasteiger partial charge on any atom is 0.256 e. The highest BCUT2D eigenvalue weighted by Gasteiger charge is 2.23. The molecular weight excluding hydrogens is 404 g/mol. The fourth-order valence-corrected chi connectivity index (χ4v) is 3.72. The molecule has 0 unspecified atom stereocenters. The highest BCUT2D eigenvalue weighted by atomic mass is 16.5. The monoisotopic (exact) mass is 432 g/mol. The van der Waals surface area contributed by atoms with Crippen LogP contribution in [0.15, 0.2) is 61.7 Å². The lowest BCUT2D eigenvalue weighted by atomic mass is 10.1. The lowest BCUT2D eigenvalue weighted by Crippen LogP contribution is -2.31. The summed E-state index contributed by atoms with van der Waals surface area (Å²) in [5, 5.41) is 2.78. The summed E-state index contributed by atoms with van der Waals surface area (Å²) in [6.45, 7) is 12.3. The Bertz CT molecular complexity index is 1170. The number of fused-ring (bicyclic) bond motifs is 1. The van der Waals surface area contributed by atoms with Crippen molar-refractivity contribution >= 4 is 28.5 Å². The Morgan fingerprint density at radius 2 is 1.91 bits per heavy atom. The zero-order chi connectivity index (χ0) is 23.3. The third kappa shape index (κ3) is 4.56. The van der Waals surface area contributed by atoms with Crippen LogP contribution in [-0.4, -0.2) is 46.5 Å². The molecule has 2 aromatic carbocycles. The van der Waals surface area contributed by atoms with Crippen LogP contribution < -0.4 is 10.1 Å². The van der Waals surface area contributed by atoms with Crippen LogP contribution in [0, 0.1) is 0 Å². The Labute approximate surface area is 188 Å². The lowest BCUT2D eigenvalue weighted by molar-refractivity contribution is -0.114. The van der Waals surface area contributed by atoms with E-state index in [1.54, 1.807) is 36.3 Å². The summed E-state index contributed by atoms with van der Waals surface area (Å²) in [7, 11) is 1.62. The van der Waals surface area contributed by atoms with E-state index in [4.69, 9.17) is 9.72 Å². The number of methoxy groups -OCH3 is 1. The summed E-state index contributed by atoms with van der Waals surface area (Å²) < 4.78 is 7.38. The second-order valence-corrected chi connectivity index (χ2v) is 7.27. The summed E-state index contributed by atoms with van der Waals surface area (Å²) in [6, 6.07) is 11.1. The number of hydrogen-bond donors (Lipinski definition) is 1. The van der Waals surface area contributed by atoms with Gasteiger partial charge in [0.25, 0.3) is 5.91 Å². The highest BCUT2D eigenvalue weighted by Crippen LogP contribution is 2.32. The second kappa shape index (κ2) is 9.96. The van der Waals surface area contributed by atoms with Crippen molar-refractivity contribution in [3.63, 3.8) is 0 Å². The van der Waals surface area contributed by atoms with Crippen LogP contribution in [0.2, 0.25) is 0 Å². The molecule has 32 heavy (non-hydrogen) atoms. The molecule has 7 nitrogen and oxygen atoms in total. The third-order valence-electron chi connectivity index (χ3n) is 5.02. The van der Waals surface area contributed by atoms with E-state index in [0.29, 0.717) is 41.9 Å². The smallest absolute Gasteiger partial charge is 0.256 e. The quantitative estimate of drug-likeness (QED) is 0.505. The van der Waals surface area contributed by atoms with Crippen molar-refractivity contribution in [1.82, 2.24) is 14.5 Å². The number of anilines is 1. The van der Waals surface area contributed by atoms with Gasteiger partial charge in [0.05, 0.1) is 23.7 Å². The molecular formula is C25H28N4O3. The Morgan fingerprint density at radius 1 is 1.19 bits per heavy atom. The first kappa shape index (κ1) is 22.8. The normalized spacial score (nSPS) is 10.6. The van der Waals surface area contributed by atoms with Gasteiger partial charge in [-0.05, 0) is 31.2 Å². The topological polar surface area (TPSA) is 76.5 Å². The number of benzene rings is 2. The third-order valence-corrected chi connectivity index (χ3v) is 5.02. The zero-order valence-corrected chi connectivity index (χ0v) is 18.7. The fourth-order valence-electron chi connectivity index (χ4n) is 3.72. The van der Waals surface area contributed by atoms with Gasteiger partial charge in [-0.25, -0.2) is 4.98 Å². The van der Waals surface area contributed by atoms with E-state index in [0.717, 1.165) is 17.1 Å². The number of carbonyl (C=O) groups is 2. The van der Waals surface area contributed by atoms with Gasteiger partial charge < -0.3 is 19.5 Å². The van der Waals surface area contributed by atoms with Crippen LogP contribution in [0.3, 0.4) is 0 Å². The molecule has 0 aliphatic rings. The molecule has 0 aliphatic heterocycles. The number of ether oxygens (including phenoxy) is 1. The molecule has 0 fully saturated rings. The largest absolute Gasteiger partial charge is 0.497 e. The van der Waals surface area contributed by atoms with Crippen molar-refractivity contribution in [2.24, 2.45) is 0 Å². The van der Waals surface area contributed by atoms with Crippen LogP contribution in [0.25, 0.3) is 22.4 Å². The molecule has 7 heteroatoms. The molecule has 2 amide bonds. The average molecular weight is 433 g/mol. The molecule has 166 valence electrons. The molecule has 1 heterocycles. The van der Waals surface area contributed by atoms with E-state index >= 15 is 0 Å². The summed E-state index contributed by atoms with van der Waals surface area (Å²) in [5.74, 6) is 1.03. The van der Waals surface area contributed by atoms with E-state index in [1.807, 2.05) is 35.8 Å². The van der Waals surface area contributed by atoms with Crippen molar-refractivity contribution in [3.05, 3.63) is 67.3 Å². The van der Waals surface area contributed by atoms with Crippen molar-refractivity contribution in [1.29, 1.82) is 0 Å². The number of aromatic nitrogens is 2. The Balaban J connectivity index is 2.29. The van der Waals surface area contributed by atoms with Crippen LogP contribution >= 0.6 is 0 Å². The van der Waals surface area contributed by atoms with Crippen molar-refractivity contribution in [2.45, 2.75) is 20.4 Å². The molecule has 0 spiro atoms. The van der Waals surface area contributed by atoms with Crippen molar-refractivity contribution in [3.8, 4) is 17.1 Å². The van der Waals surface area contributed by atoms with Gasteiger partial charge in [-0.1, -0.05) is 24.3 Å². The standard InChI is InChI=1S/C25H28N4O3/c1-6-12-28(13-7-2)25(31)21-15-19(26-17(4)30)16-22-23(21)29(8-3)24(27-22)18-10-9-11-20(14-18)32-5/h6-7,9-11,14-16H,1-2,8,12-13H2,3-5H3,(H,26,30). The van der Waals surface area contributed by atoms with Crippen molar-refractivity contribution < 1.29 is 14.3 Å². The molecule has 1 aromatic heterocycles. The van der Waals surface area contributed by atoms with Gasteiger partial charge in [-0.3, -0.25) is 9.59 Å². The first-order valence-electron chi connectivity index (χ1n) is 10.4. The predicted octanol–water partition coefficient (Wildman–Crippen LogP) is 4.50. The minimum absolute atomic E-state index is 0.186. The number of carbonyl (C=O) groups excluding carboxylic acids is 2. The van der Waals surface area contributed by atoms with E-state index < -0.39 is 0 Å². The molecule has 3 rings (SSSR count). The number of nitrogens with zero attached hydrogens (tertiary/aromatic N) is 3. The van der Waals surface area contributed by atoms with Gasteiger partial charge >= 0.3 is 0 Å². The number of aryl methyl sites for hydroxylation is 1. The molecule has 0 saturated heterocycles. The van der Waals surface area contributed by atoms with Crippen LogP contribution in [0.4, 0.5) is 5.69 Å². The molecule has 0 radical (unpaired) electrons. The van der Waals surface area contributed by atoms with E-state index in [2.05, 4.69) is 18.5 Å². The van der Waals surface area contributed by atoms with E-state index in [9.17, 15) is 9.59 Å². The fraction of sp³-hybridized carbons (Fsp3) is 0.240. The number of hydrogen-bond acceptors (Lipinski definition) is 4. The van der Waals surface area contributed by atoms with Gasteiger partial charge in [0.15, 0.2) is 0 Å². The Morgan fingerprint density at radius 3 is 2.50 bits per heavy atom. The first-order chi connectivity index (χ1) is 15.4. The molecule has 0 aliphatic carbocycles. The van der Waals surface area contributed by atoms with Crippen LogP contribution in [-0.2, 0) is 11.3 Å². The minimum atomic E-state index is -0.222. The van der Waals surface area contributed by atoms with Gasteiger partial charge in [0.1, 0.15) is 11.6 Å². The minimum Gasteiger partial charge on any atom is -0.497 e. The summed E-state index contributed by atoms with van der Waals surface area (Å²) in [5.41, 5.74) is 3.18. The molecule has 0 bridgehead atoms. The highest BCUT2D eigenvalue weighted by molar-refractivity contribution is 6.08. The van der Waals surface area contributed by atoms with Crippen LogP contribution in [0.5, 0.6) is 5.75 Å². The molecule has 0 atom stereocenters. The number of amides is 2. The SMILES string of the molecule is C=CCN(CC=C)C(=O)c1cc(NC(C)=O)cc2nc(-c3cccc(OC)c3)n(CC)c12. The number of rotatable bonds is 9. The molecule has 1 N–H and O–H groups in total. The zero-order valence-electron chi connectivity index (χ0n) is 18.7. The van der Waals surface area contributed by atoms with Crippen LogP contribution in [0.1, 0.15) is 24.2 Å². The molecule has 3 aromatic rings. The molecule has 0 saturated carbocycles. The number of imidazole rings is 1. The predicted molar refractivity (Wildman–Crippen MR) is 128 cm³/mol. The van der Waals surface area contributed by atoms with E-state index in [-0.39, 0.29) is 11.8 Å². The first-order valence-corrected chi connectivity index (χ1v) is 10.4. The summed E-state index contributed by atoms with van der Waals surface area (Å²) in [6.07, 6.45) is 3.35. The maximum atomic E-state index is 13.5. The lowest BCUT2D eigenvalue weighted by Gasteiger charge is -2.21. The Kier molecular flexibility index (Phi) is 7.10. The second-order valence-electron chi connectivity index (χ2n) is 7.27. The van der Waals surface area contributed by atoms with Gasteiger partial charge in [0, 0.05) is 37.8 Å². The maximum absolute atomic E-state index is 13.5. The number of nitrogens with one attached hydrogen (secondary N) is 1. The average Bonchev–Trinajstić information content (AvgIpc) is 3.16. The van der Waals surface area contributed by atoms with Gasteiger partial charge in [-0.2, -0.15) is 0 Å².